The maximum Gasteiger partial charge on any atom is 0.279 e. The fourth-order valence-electron chi connectivity index (χ4n) is 2.33. The zero-order chi connectivity index (χ0) is 13.0. The van der Waals surface area contributed by atoms with E-state index < -0.39 is 6.23 Å². The summed E-state index contributed by atoms with van der Waals surface area (Å²) in [5.74, 6) is 0. The first kappa shape index (κ1) is 11.9. The Morgan fingerprint density at radius 3 is 3.00 bits per heavy atom. The second kappa shape index (κ2) is 3.91. The summed E-state index contributed by atoms with van der Waals surface area (Å²) in [5.41, 5.74) is 1.56. The van der Waals surface area contributed by atoms with Crippen LogP contribution in [0.1, 0.15) is 31.3 Å². The summed E-state index contributed by atoms with van der Waals surface area (Å²) in [4.78, 5) is 17.2. The smallest absolute Gasteiger partial charge is 0.279 e. The van der Waals surface area contributed by atoms with Crippen LogP contribution in [-0.4, -0.2) is 30.6 Å². The molecule has 0 amide bonds. The Hall–Kier alpha value is -1.18. The van der Waals surface area contributed by atoms with Crippen molar-refractivity contribution in [2.45, 2.75) is 32.7 Å². The van der Waals surface area contributed by atoms with Gasteiger partial charge in [-0.1, -0.05) is 0 Å². The van der Waals surface area contributed by atoms with Gasteiger partial charge in [0.25, 0.3) is 5.56 Å². The SMILES string of the molecule is CC(C)N1Cc2c([nH]c3cc(Br)nn3c2=O)C1O. The number of aromatic nitrogens is 3. The standard InChI is InChI=1S/C11H13BrN4O2/c1-5(2)15-4-6-9(11(15)18)13-8-3-7(12)14-16(8)10(6)17/h3,5,11,13,18H,4H2,1-2H3. The minimum Gasteiger partial charge on any atom is -0.372 e. The lowest BCUT2D eigenvalue weighted by Gasteiger charge is -2.23. The fraction of sp³-hybridized carbons (Fsp3) is 0.455. The first-order valence-electron chi connectivity index (χ1n) is 5.73. The highest BCUT2D eigenvalue weighted by molar-refractivity contribution is 9.10. The van der Waals surface area contributed by atoms with Crippen LogP contribution in [0.4, 0.5) is 0 Å². The van der Waals surface area contributed by atoms with Crippen LogP contribution in [-0.2, 0) is 6.54 Å². The fourth-order valence-corrected chi connectivity index (χ4v) is 2.70. The number of nitrogens with zero attached hydrogens (tertiary/aromatic N) is 3. The van der Waals surface area contributed by atoms with E-state index in [1.807, 2.05) is 18.7 Å². The molecular formula is C11H13BrN4O2. The van der Waals surface area contributed by atoms with E-state index in [9.17, 15) is 9.90 Å². The van der Waals surface area contributed by atoms with E-state index in [1.165, 1.54) is 4.52 Å². The van der Waals surface area contributed by atoms with Crippen LogP contribution in [0, 0.1) is 0 Å². The maximum atomic E-state index is 12.3. The molecule has 1 unspecified atom stereocenters. The normalized spacial score (nSPS) is 19.9. The average Bonchev–Trinajstić information content (AvgIpc) is 2.81. The summed E-state index contributed by atoms with van der Waals surface area (Å²) in [6.45, 7) is 4.42. The molecule has 6 nitrogen and oxygen atoms in total. The third kappa shape index (κ3) is 1.54. The van der Waals surface area contributed by atoms with Gasteiger partial charge in [-0.25, -0.2) is 0 Å². The van der Waals surface area contributed by atoms with Gasteiger partial charge in [0.2, 0.25) is 0 Å². The summed E-state index contributed by atoms with van der Waals surface area (Å²) in [7, 11) is 0. The zero-order valence-corrected chi connectivity index (χ0v) is 11.6. The lowest BCUT2D eigenvalue weighted by molar-refractivity contribution is -0.00947. The van der Waals surface area contributed by atoms with Crippen LogP contribution < -0.4 is 5.56 Å². The van der Waals surface area contributed by atoms with Gasteiger partial charge in [-0.15, -0.1) is 0 Å². The number of hydrogen-bond acceptors (Lipinski definition) is 4. The van der Waals surface area contributed by atoms with Crippen molar-refractivity contribution in [3.8, 4) is 0 Å². The molecule has 1 aliphatic heterocycles. The first-order valence-corrected chi connectivity index (χ1v) is 6.52. The van der Waals surface area contributed by atoms with Crippen molar-refractivity contribution in [3.63, 3.8) is 0 Å². The van der Waals surface area contributed by atoms with E-state index in [0.717, 1.165) is 0 Å². The minimum atomic E-state index is -0.758. The monoisotopic (exact) mass is 312 g/mol. The van der Waals surface area contributed by atoms with Crippen LogP contribution in [0.5, 0.6) is 0 Å². The summed E-state index contributed by atoms with van der Waals surface area (Å²) in [6, 6.07) is 1.88. The third-order valence-electron chi connectivity index (χ3n) is 3.29. The molecule has 0 fully saturated rings. The molecule has 7 heteroatoms. The minimum absolute atomic E-state index is 0.166. The first-order chi connectivity index (χ1) is 8.49. The van der Waals surface area contributed by atoms with Crippen molar-refractivity contribution in [3.05, 3.63) is 32.3 Å². The summed E-state index contributed by atoms with van der Waals surface area (Å²) in [6.07, 6.45) is -0.758. The van der Waals surface area contributed by atoms with Gasteiger partial charge in [-0.05, 0) is 29.8 Å². The molecule has 2 N–H and O–H groups in total. The average molecular weight is 313 g/mol. The highest BCUT2D eigenvalue weighted by atomic mass is 79.9. The number of aliphatic hydroxyl groups excluding tert-OH is 1. The van der Waals surface area contributed by atoms with Gasteiger partial charge < -0.3 is 10.1 Å². The molecule has 1 atom stereocenters. The Bertz CT molecular complexity index is 675. The van der Waals surface area contributed by atoms with E-state index in [1.54, 1.807) is 6.07 Å². The molecule has 18 heavy (non-hydrogen) atoms. The Labute approximate surface area is 111 Å². The van der Waals surface area contributed by atoms with Gasteiger partial charge >= 0.3 is 0 Å². The third-order valence-corrected chi connectivity index (χ3v) is 3.68. The van der Waals surface area contributed by atoms with Crippen LogP contribution in [0.3, 0.4) is 0 Å². The van der Waals surface area contributed by atoms with Crippen LogP contribution >= 0.6 is 15.9 Å². The molecule has 3 heterocycles. The molecule has 0 saturated heterocycles. The predicted molar refractivity (Wildman–Crippen MR) is 69.2 cm³/mol. The Morgan fingerprint density at radius 2 is 2.33 bits per heavy atom. The Balaban J connectivity index is 2.24. The predicted octanol–water partition coefficient (Wildman–Crippen LogP) is 1.000. The molecule has 2 aromatic rings. The highest BCUT2D eigenvalue weighted by Crippen LogP contribution is 2.30. The molecule has 2 aromatic heterocycles. The summed E-state index contributed by atoms with van der Waals surface area (Å²) < 4.78 is 1.91. The second-order valence-electron chi connectivity index (χ2n) is 4.73. The molecule has 0 radical (unpaired) electrons. The Morgan fingerprint density at radius 1 is 1.61 bits per heavy atom. The van der Waals surface area contributed by atoms with Crippen molar-refractivity contribution in [2.24, 2.45) is 0 Å². The number of halogens is 1. The number of nitrogens with one attached hydrogen (secondary N) is 1. The molecular weight excluding hydrogens is 300 g/mol. The topological polar surface area (TPSA) is 73.6 Å². The maximum absolute atomic E-state index is 12.3. The van der Waals surface area contributed by atoms with Crippen molar-refractivity contribution < 1.29 is 5.11 Å². The van der Waals surface area contributed by atoms with Crippen molar-refractivity contribution in [1.29, 1.82) is 0 Å². The zero-order valence-electron chi connectivity index (χ0n) is 10.0. The van der Waals surface area contributed by atoms with Gasteiger partial charge in [-0.3, -0.25) is 9.69 Å². The lowest BCUT2D eigenvalue weighted by atomic mass is 10.2. The molecule has 0 saturated carbocycles. The number of fused-ring (bicyclic) bond motifs is 2. The van der Waals surface area contributed by atoms with E-state index in [0.29, 0.717) is 28.1 Å². The van der Waals surface area contributed by atoms with Gasteiger partial charge in [0.05, 0.1) is 11.3 Å². The van der Waals surface area contributed by atoms with E-state index in [4.69, 9.17) is 0 Å². The molecule has 0 aliphatic carbocycles. The second-order valence-corrected chi connectivity index (χ2v) is 5.54. The van der Waals surface area contributed by atoms with Crippen LogP contribution in [0.2, 0.25) is 0 Å². The number of aromatic amines is 1. The van der Waals surface area contributed by atoms with E-state index in [-0.39, 0.29) is 11.6 Å². The molecule has 0 bridgehead atoms. The van der Waals surface area contributed by atoms with E-state index >= 15 is 0 Å². The summed E-state index contributed by atoms with van der Waals surface area (Å²) >= 11 is 3.23. The quantitative estimate of drug-likeness (QED) is 0.824. The molecule has 96 valence electrons. The molecule has 0 aromatic carbocycles. The van der Waals surface area contributed by atoms with Crippen molar-refractivity contribution in [2.75, 3.05) is 0 Å². The molecule has 1 aliphatic rings. The van der Waals surface area contributed by atoms with Crippen molar-refractivity contribution in [1.82, 2.24) is 19.5 Å². The number of hydrogen-bond donors (Lipinski definition) is 2. The lowest BCUT2D eigenvalue weighted by Crippen LogP contribution is -2.29. The molecule has 0 spiro atoms. The number of rotatable bonds is 1. The van der Waals surface area contributed by atoms with Gasteiger partial charge in [0.1, 0.15) is 16.5 Å². The van der Waals surface area contributed by atoms with Gasteiger partial charge in [-0.2, -0.15) is 9.61 Å². The largest absolute Gasteiger partial charge is 0.372 e. The highest BCUT2D eigenvalue weighted by Gasteiger charge is 2.33. The summed E-state index contributed by atoms with van der Waals surface area (Å²) in [5, 5.41) is 14.3. The van der Waals surface area contributed by atoms with Crippen molar-refractivity contribution >= 4 is 21.6 Å². The van der Waals surface area contributed by atoms with Crippen LogP contribution in [0.25, 0.3) is 5.65 Å². The van der Waals surface area contributed by atoms with E-state index in [2.05, 4.69) is 26.0 Å². The Kier molecular flexibility index (Phi) is 2.58. The van der Waals surface area contributed by atoms with Crippen LogP contribution in [0.15, 0.2) is 15.5 Å². The number of aliphatic hydroxyl groups is 1. The van der Waals surface area contributed by atoms with Gasteiger partial charge in [0.15, 0.2) is 0 Å². The molecule has 3 rings (SSSR count). The van der Waals surface area contributed by atoms with Gasteiger partial charge in [0, 0.05) is 18.7 Å². The number of H-pyrrole nitrogens is 1.